The summed E-state index contributed by atoms with van der Waals surface area (Å²) in [6.45, 7) is 0. The Balaban J connectivity index is 2.08. The van der Waals surface area contributed by atoms with Gasteiger partial charge in [-0.2, -0.15) is 0 Å². The molecule has 2 aromatic carbocycles. The maximum Gasteiger partial charge on any atom is 0.328 e. The van der Waals surface area contributed by atoms with Crippen molar-refractivity contribution >= 4 is 17.7 Å². The van der Waals surface area contributed by atoms with Crippen molar-refractivity contribution in [3.8, 4) is 0 Å². The lowest BCUT2D eigenvalue weighted by atomic mass is 9.99. The van der Waals surface area contributed by atoms with Crippen LogP contribution in [-0.4, -0.2) is 23.1 Å². The molecule has 5 heteroatoms. The zero-order chi connectivity index (χ0) is 14.8. The first kappa shape index (κ1) is 13.2. The minimum absolute atomic E-state index is 0.401. The molecule has 1 aliphatic heterocycles. The van der Waals surface area contributed by atoms with Gasteiger partial charge in [-0.15, -0.1) is 0 Å². The van der Waals surface area contributed by atoms with E-state index in [1.54, 1.807) is 12.1 Å². The van der Waals surface area contributed by atoms with Crippen LogP contribution in [0.3, 0.4) is 0 Å². The third-order valence-corrected chi connectivity index (χ3v) is 3.53. The maximum absolute atomic E-state index is 12.2. The Morgan fingerprint density at radius 1 is 1.00 bits per heavy atom. The normalized spacial score (nSPS) is 21.1. The number of rotatable bonds is 3. The minimum Gasteiger partial charge on any atom is -0.480 e. The van der Waals surface area contributed by atoms with Gasteiger partial charge >= 0.3 is 12.0 Å². The number of nitrogens with one attached hydrogen (secondary N) is 1. The highest BCUT2D eigenvalue weighted by molar-refractivity contribution is 6.00. The van der Waals surface area contributed by atoms with E-state index in [2.05, 4.69) is 5.32 Å². The second-order valence-electron chi connectivity index (χ2n) is 4.83. The van der Waals surface area contributed by atoms with Crippen molar-refractivity contribution in [2.75, 3.05) is 4.90 Å². The first-order valence-electron chi connectivity index (χ1n) is 6.61. The summed E-state index contributed by atoms with van der Waals surface area (Å²) in [5.74, 6) is -1.05. The first-order valence-corrected chi connectivity index (χ1v) is 6.61. The van der Waals surface area contributed by atoms with E-state index in [-0.39, 0.29) is 0 Å². The molecule has 5 nitrogen and oxygen atoms in total. The number of anilines is 1. The van der Waals surface area contributed by atoms with Gasteiger partial charge in [-0.3, -0.25) is 4.90 Å². The average Bonchev–Trinajstić information content (AvgIpc) is 2.87. The van der Waals surface area contributed by atoms with Crippen molar-refractivity contribution in [3.05, 3.63) is 66.2 Å². The molecule has 0 bridgehead atoms. The predicted octanol–water partition coefficient (Wildman–Crippen LogP) is 2.41. The van der Waals surface area contributed by atoms with Crippen molar-refractivity contribution < 1.29 is 14.7 Å². The number of hydrogen-bond donors (Lipinski definition) is 2. The van der Waals surface area contributed by atoms with Crippen molar-refractivity contribution in [3.63, 3.8) is 0 Å². The summed E-state index contributed by atoms with van der Waals surface area (Å²) in [5.41, 5.74) is 1.46. The Morgan fingerprint density at radius 2 is 1.57 bits per heavy atom. The lowest BCUT2D eigenvalue weighted by Crippen LogP contribution is -2.35. The molecule has 0 saturated carbocycles. The van der Waals surface area contributed by atoms with Crippen LogP contribution < -0.4 is 10.2 Å². The second kappa shape index (κ2) is 5.28. The van der Waals surface area contributed by atoms with E-state index in [4.69, 9.17) is 0 Å². The molecular weight excluding hydrogens is 268 g/mol. The summed E-state index contributed by atoms with van der Waals surface area (Å²) in [6.07, 6.45) is 0. The van der Waals surface area contributed by atoms with Gasteiger partial charge < -0.3 is 10.4 Å². The van der Waals surface area contributed by atoms with Crippen molar-refractivity contribution in [2.45, 2.75) is 12.1 Å². The Bertz CT molecular complexity index is 658. The lowest BCUT2D eigenvalue weighted by molar-refractivity contribution is -0.139. The van der Waals surface area contributed by atoms with Gasteiger partial charge in [0.05, 0.1) is 6.04 Å². The first-order chi connectivity index (χ1) is 10.2. The molecule has 3 rings (SSSR count). The summed E-state index contributed by atoms with van der Waals surface area (Å²) >= 11 is 0. The molecule has 106 valence electrons. The van der Waals surface area contributed by atoms with Crippen LogP contribution in [0, 0.1) is 0 Å². The highest BCUT2D eigenvalue weighted by atomic mass is 16.4. The third kappa shape index (κ3) is 2.33. The standard InChI is InChI=1S/C16H14N2O3/c19-15(20)13-14(11-7-3-1-4-8-11)18(16(21)17-13)12-9-5-2-6-10-12/h1-10,13-14H,(H,17,21)(H,19,20)/t13-,14+/m0/s1. The predicted molar refractivity (Wildman–Crippen MR) is 78.1 cm³/mol. The van der Waals surface area contributed by atoms with E-state index >= 15 is 0 Å². The Kier molecular flexibility index (Phi) is 3.31. The van der Waals surface area contributed by atoms with Gasteiger partial charge in [0.2, 0.25) is 0 Å². The summed E-state index contributed by atoms with van der Waals surface area (Å²) in [4.78, 5) is 25.2. The minimum atomic E-state index is -1.05. The van der Waals surface area contributed by atoms with Crippen LogP contribution in [0.2, 0.25) is 0 Å². The number of nitrogens with zero attached hydrogens (tertiary/aromatic N) is 1. The molecule has 2 amide bonds. The fourth-order valence-electron chi connectivity index (χ4n) is 2.61. The number of hydrogen-bond acceptors (Lipinski definition) is 2. The van der Waals surface area contributed by atoms with Gasteiger partial charge in [0.25, 0.3) is 0 Å². The Labute approximate surface area is 121 Å². The number of aliphatic carboxylic acids is 1. The highest BCUT2D eigenvalue weighted by Crippen LogP contribution is 2.34. The molecule has 2 aromatic rings. The Hall–Kier alpha value is -2.82. The van der Waals surface area contributed by atoms with Gasteiger partial charge in [0.1, 0.15) is 0 Å². The lowest BCUT2D eigenvalue weighted by Gasteiger charge is -2.25. The third-order valence-electron chi connectivity index (χ3n) is 3.53. The number of benzene rings is 2. The number of amides is 2. The second-order valence-corrected chi connectivity index (χ2v) is 4.83. The van der Waals surface area contributed by atoms with Gasteiger partial charge in [0, 0.05) is 5.69 Å². The van der Waals surface area contributed by atoms with Gasteiger partial charge in [-0.05, 0) is 17.7 Å². The van der Waals surface area contributed by atoms with E-state index in [1.807, 2.05) is 48.5 Å². The molecule has 1 saturated heterocycles. The van der Waals surface area contributed by atoms with Gasteiger partial charge in [-0.25, -0.2) is 9.59 Å². The Morgan fingerprint density at radius 3 is 2.14 bits per heavy atom. The fraction of sp³-hybridized carbons (Fsp3) is 0.125. The molecule has 0 unspecified atom stereocenters. The summed E-state index contributed by atoms with van der Waals surface area (Å²) in [6, 6.07) is 16.3. The van der Waals surface area contributed by atoms with Crippen molar-refractivity contribution in [1.82, 2.24) is 5.32 Å². The quantitative estimate of drug-likeness (QED) is 0.908. The summed E-state index contributed by atoms with van der Waals surface area (Å²) < 4.78 is 0. The number of urea groups is 1. The molecule has 1 fully saturated rings. The molecule has 0 radical (unpaired) electrons. The molecule has 1 aliphatic rings. The molecule has 1 heterocycles. The molecule has 2 N–H and O–H groups in total. The summed E-state index contributed by atoms with van der Waals surface area (Å²) in [7, 11) is 0. The van der Waals surface area contributed by atoms with Crippen LogP contribution in [0.1, 0.15) is 11.6 Å². The molecule has 0 spiro atoms. The van der Waals surface area contributed by atoms with Crippen LogP contribution in [0.15, 0.2) is 60.7 Å². The molecule has 2 atom stereocenters. The number of carboxylic acid groups (broad SMARTS) is 1. The topological polar surface area (TPSA) is 69.6 Å². The number of carbonyl (C=O) groups excluding carboxylic acids is 1. The number of para-hydroxylation sites is 1. The molecule has 0 aromatic heterocycles. The van der Waals surface area contributed by atoms with Crippen molar-refractivity contribution in [1.29, 1.82) is 0 Å². The van der Waals surface area contributed by atoms with Gasteiger partial charge in [0.15, 0.2) is 6.04 Å². The van der Waals surface area contributed by atoms with Crippen LogP contribution >= 0.6 is 0 Å². The largest absolute Gasteiger partial charge is 0.480 e. The molecule has 21 heavy (non-hydrogen) atoms. The van der Waals surface area contributed by atoms with Crippen molar-refractivity contribution in [2.24, 2.45) is 0 Å². The van der Waals surface area contributed by atoms with Crippen LogP contribution in [0.25, 0.3) is 0 Å². The summed E-state index contributed by atoms with van der Waals surface area (Å²) in [5, 5.41) is 11.9. The molecule has 0 aliphatic carbocycles. The van der Waals surface area contributed by atoms with E-state index in [9.17, 15) is 14.7 Å². The van der Waals surface area contributed by atoms with Crippen LogP contribution in [0.4, 0.5) is 10.5 Å². The number of carbonyl (C=O) groups is 2. The van der Waals surface area contributed by atoms with E-state index < -0.39 is 24.1 Å². The zero-order valence-electron chi connectivity index (χ0n) is 11.1. The van der Waals surface area contributed by atoms with E-state index in [0.717, 1.165) is 5.56 Å². The van der Waals surface area contributed by atoms with E-state index in [0.29, 0.717) is 5.69 Å². The zero-order valence-corrected chi connectivity index (χ0v) is 11.1. The van der Waals surface area contributed by atoms with Crippen LogP contribution in [0.5, 0.6) is 0 Å². The van der Waals surface area contributed by atoms with Gasteiger partial charge in [-0.1, -0.05) is 48.5 Å². The highest BCUT2D eigenvalue weighted by Gasteiger charge is 2.45. The average molecular weight is 282 g/mol. The number of carboxylic acids is 1. The fourth-order valence-corrected chi connectivity index (χ4v) is 2.61. The SMILES string of the molecule is O=C(O)[C@H]1NC(=O)N(c2ccccc2)[C@@H]1c1ccccc1. The van der Waals surface area contributed by atoms with Crippen LogP contribution in [-0.2, 0) is 4.79 Å². The molecular formula is C16H14N2O3. The smallest absolute Gasteiger partial charge is 0.328 e. The maximum atomic E-state index is 12.2. The monoisotopic (exact) mass is 282 g/mol. The van der Waals surface area contributed by atoms with E-state index in [1.165, 1.54) is 4.90 Å².